The van der Waals surface area contributed by atoms with Gasteiger partial charge in [-0.15, -0.1) is 0 Å². The summed E-state index contributed by atoms with van der Waals surface area (Å²) in [7, 11) is -1.18. The van der Waals surface area contributed by atoms with E-state index in [4.69, 9.17) is 18.9 Å². The largest absolute Gasteiger partial charge is 0.497 e. The SMILES string of the molecule is COC(=O)c1ccc(C2C=C(C(=O)O)OC(OCCN(CCO)S(=O)(=O)c3ccc(OC)cc3)C2)cc1. The predicted molar refractivity (Wildman–Crippen MR) is 131 cm³/mol. The Hall–Kier alpha value is -3.45. The van der Waals surface area contributed by atoms with Gasteiger partial charge in [-0.25, -0.2) is 18.0 Å². The number of nitrogens with zero attached hydrogens (tertiary/aromatic N) is 1. The van der Waals surface area contributed by atoms with Crippen molar-refractivity contribution in [2.24, 2.45) is 0 Å². The molecule has 0 bridgehead atoms. The average molecular weight is 536 g/mol. The Balaban J connectivity index is 1.69. The van der Waals surface area contributed by atoms with Crippen molar-refractivity contribution in [1.82, 2.24) is 4.31 Å². The molecule has 12 heteroatoms. The van der Waals surface area contributed by atoms with Crippen molar-refractivity contribution < 1.29 is 47.2 Å². The van der Waals surface area contributed by atoms with Crippen LogP contribution in [-0.2, 0) is 29.0 Å². The molecule has 0 saturated heterocycles. The number of sulfonamides is 1. The van der Waals surface area contributed by atoms with Crippen LogP contribution in [0, 0.1) is 0 Å². The molecule has 2 aromatic carbocycles. The number of esters is 1. The van der Waals surface area contributed by atoms with Crippen LogP contribution in [0.4, 0.5) is 0 Å². The van der Waals surface area contributed by atoms with Crippen LogP contribution in [0.1, 0.15) is 28.3 Å². The third-order valence-electron chi connectivity index (χ3n) is 5.72. The number of allylic oxidation sites excluding steroid dienone is 1. The van der Waals surface area contributed by atoms with Gasteiger partial charge in [-0.05, 0) is 48.0 Å². The van der Waals surface area contributed by atoms with Crippen LogP contribution in [0.5, 0.6) is 5.75 Å². The smallest absolute Gasteiger partial charge is 0.370 e. The van der Waals surface area contributed by atoms with Gasteiger partial charge >= 0.3 is 11.9 Å². The third kappa shape index (κ3) is 7.07. The van der Waals surface area contributed by atoms with Gasteiger partial charge in [0.05, 0.1) is 37.9 Å². The number of aliphatic hydroxyl groups excluding tert-OH is 1. The standard InChI is InChI=1S/C25H29NO10S/c1-33-20-7-9-21(10-8-20)37(31,32)26(11-13-27)12-14-35-23-16-19(15-22(36-23)24(28)29)17-3-5-18(6-4-17)25(30)34-2/h3-10,15,19,23,27H,11-14,16H2,1-2H3,(H,28,29). The number of benzene rings is 2. The fourth-order valence-electron chi connectivity index (χ4n) is 3.77. The molecule has 1 aliphatic rings. The molecule has 2 unspecified atom stereocenters. The molecule has 200 valence electrons. The molecule has 0 fully saturated rings. The summed E-state index contributed by atoms with van der Waals surface area (Å²) >= 11 is 0. The number of ether oxygens (including phenoxy) is 4. The van der Waals surface area contributed by atoms with Gasteiger partial charge < -0.3 is 29.2 Å². The maximum Gasteiger partial charge on any atom is 0.370 e. The van der Waals surface area contributed by atoms with E-state index in [9.17, 15) is 28.2 Å². The second kappa shape index (κ2) is 12.7. The Morgan fingerprint density at radius 1 is 1.05 bits per heavy atom. The molecule has 0 aromatic heterocycles. The minimum atomic E-state index is -3.93. The van der Waals surface area contributed by atoms with Crippen molar-refractivity contribution >= 4 is 22.0 Å². The van der Waals surface area contributed by atoms with Gasteiger partial charge in [0.2, 0.25) is 22.1 Å². The third-order valence-corrected chi connectivity index (χ3v) is 7.63. The number of methoxy groups -OCH3 is 2. The zero-order valence-electron chi connectivity index (χ0n) is 20.4. The number of aliphatic hydroxyl groups is 1. The maximum atomic E-state index is 13.0. The highest BCUT2D eigenvalue weighted by Crippen LogP contribution is 2.32. The van der Waals surface area contributed by atoms with Crippen LogP contribution in [0.3, 0.4) is 0 Å². The molecule has 0 saturated carbocycles. The van der Waals surface area contributed by atoms with E-state index in [1.165, 1.54) is 44.6 Å². The van der Waals surface area contributed by atoms with Crippen molar-refractivity contribution in [3.05, 3.63) is 71.5 Å². The molecule has 3 rings (SSSR count). The molecular formula is C25H29NO10S. The highest BCUT2D eigenvalue weighted by atomic mass is 32.2. The van der Waals surface area contributed by atoms with E-state index in [1.54, 1.807) is 24.3 Å². The first-order valence-electron chi connectivity index (χ1n) is 11.4. The Kier molecular flexibility index (Phi) is 9.64. The minimum absolute atomic E-state index is 0.0298. The highest BCUT2D eigenvalue weighted by Gasteiger charge is 2.30. The first-order chi connectivity index (χ1) is 17.7. The second-order valence-electron chi connectivity index (χ2n) is 8.01. The van der Waals surface area contributed by atoms with E-state index in [2.05, 4.69) is 0 Å². The van der Waals surface area contributed by atoms with Gasteiger partial charge in [0.25, 0.3) is 0 Å². The molecular weight excluding hydrogens is 506 g/mol. The van der Waals surface area contributed by atoms with Gasteiger partial charge in [-0.1, -0.05) is 12.1 Å². The van der Waals surface area contributed by atoms with Crippen LogP contribution in [0.2, 0.25) is 0 Å². The normalized spacial score (nSPS) is 17.6. The fraction of sp³-hybridized carbons (Fsp3) is 0.360. The Bertz CT molecular complexity index is 1210. The Morgan fingerprint density at radius 3 is 2.30 bits per heavy atom. The zero-order chi connectivity index (χ0) is 27.0. The van der Waals surface area contributed by atoms with Gasteiger partial charge in [-0.3, -0.25) is 0 Å². The number of carbonyl (C=O) groups is 2. The van der Waals surface area contributed by atoms with E-state index >= 15 is 0 Å². The van der Waals surface area contributed by atoms with Gasteiger partial charge in [0.1, 0.15) is 5.75 Å². The number of carbonyl (C=O) groups excluding carboxylic acids is 1. The summed E-state index contributed by atoms with van der Waals surface area (Å²) in [5.41, 5.74) is 1.10. The summed E-state index contributed by atoms with van der Waals surface area (Å²) in [4.78, 5) is 23.3. The van der Waals surface area contributed by atoms with Crippen LogP contribution >= 0.6 is 0 Å². The Morgan fingerprint density at radius 2 is 1.73 bits per heavy atom. The van der Waals surface area contributed by atoms with E-state index < -0.39 is 34.9 Å². The maximum absolute atomic E-state index is 13.0. The summed E-state index contributed by atoms with van der Waals surface area (Å²) in [6.07, 6.45) is 0.766. The molecule has 0 amide bonds. The average Bonchev–Trinajstić information content (AvgIpc) is 2.92. The molecule has 2 aromatic rings. The van der Waals surface area contributed by atoms with Gasteiger partial charge in [-0.2, -0.15) is 4.31 Å². The number of hydrogen-bond donors (Lipinski definition) is 2. The summed E-state index contributed by atoms with van der Waals surface area (Å²) in [6, 6.07) is 12.4. The molecule has 11 nitrogen and oxygen atoms in total. The number of carboxylic acids is 1. The molecule has 0 aliphatic carbocycles. The van der Waals surface area contributed by atoms with E-state index in [0.717, 1.165) is 9.87 Å². The number of aliphatic carboxylic acids is 1. The molecule has 1 heterocycles. The monoisotopic (exact) mass is 535 g/mol. The second-order valence-corrected chi connectivity index (χ2v) is 9.95. The minimum Gasteiger partial charge on any atom is -0.497 e. The van der Waals surface area contributed by atoms with Crippen LogP contribution in [-0.4, -0.2) is 81.7 Å². The lowest BCUT2D eigenvalue weighted by Gasteiger charge is -2.29. The van der Waals surface area contributed by atoms with E-state index in [-0.39, 0.29) is 42.7 Å². The summed E-state index contributed by atoms with van der Waals surface area (Å²) in [6.45, 7) is -0.760. The number of carboxylic acid groups (broad SMARTS) is 1. The molecule has 2 N–H and O–H groups in total. The zero-order valence-corrected chi connectivity index (χ0v) is 21.2. The van der Waals surface area contributed by atoms with E-state index in [1.807, 2.05) is 0 Å². The lowest BCUT2D eigenvalue weighted by molar-refractivity contribution is -0.157. The molecule has 1 aliphatic heterocycles. The first-order valence-corrected chi connectivity index (χ1v) is 12.8. The molecule has 37 heavy (non-hydrogen) atoms. The van der Waals surface area contributed by atoms with E-state index in [0.29, 0.717) is 11.3 Å². The molecule has 2 atom stereocenters. The van der Waals surface area contributed by atoms with Crippen molar-refractivity contribution in [2.75, 3.05) is 40.5 Å². The molecule has 0 spiro atoms. The lowest BCUT2D eigenvalue weighted by Crippen LogP contribution is -2.37. The fourth-order valence-corrected chi connectivity index (χ4v) is 5.19. The quantitative estimate of drug-likeness (QED) is 0.386. The Labute approximate surface area is 214 Å². The van der Waals surface area contributed by atoms with Crippen LogP contribution in [0.15, 0.2) is 65.3 Å². The van der Waals surface area contributed by atoms with Gasteiger partial charge in [0.15, 0.2) is 0 Å². The van der Waals surface area contributed by atoms with Crippen molar-refractivity contribution in [1.29, 1.82) is 0 Å². The predicted octanol–water partition coefficient (Wildman–Crippen LogP) is 1.98. The summed E-state index contributed by atoms with van der Waals surface area (Å²) < 4.78 is 48.1. The van der Waals surface area contributed by atoms with Gasteiger partial charge in [0, 0.05) is 25.4 Å². The van der Waals surface area contributed by atoms with Crippen molar-refractivity contribution in [3.63, 3.8) is 0 Å². The topological polar surface area (TPSA) is 149 Å². The number of rotatable bonds is 12. The highest BCUT2D eigenvalue weighted by molar-refractivity contribution is 7.89. The summed E-state index contributed by atoms with van der Waals surface area (Å²) in [5.74, 6) is -1.93. The van der Waals surface area contributed by atoms with Crippen LogP contribution in [0.25, 0.3) is 0 Å². The first kappa shape index (κ1) is 28.1. The lowest BCUT2D eigenvalue weighted by atomic mass is 9.92. The van der Waals surface area contributed by atoms with Crippen molar-refractivity contribution in [3.8, 4) is 5.75 Å². The summed E-state index contributed by atoms with van der Waals surface area (Å²) in [5, 5.41) is 18.9. The number of hydrogen-bond acceptors (Lipinski definition) is 9. The van der Waals surface area contributed by atoms with Crippen LogP contribution < -0.4 is 4.74 Å². The molecule has 0 radical (unpaired) electrons. The van der Waals surface area contributed by atoms with Crippen molar-refractivity contribution in [2.45, 2.75) is 23.5 Å².